The van der Waals surface area contributed by atoms with Crippen molar-refractivity contribution in [3.05, 3.63) is 71.2 Å². The summed E-state index contributed by atoms with van der Waals surface area (Å²) in [5.74, 6) is -0.568. The van der Waals surface area contributed by atoms with Gasteiger partial charge in [0.15, 0.2) is 0 Å². The fourth-order valence-corrected chi connectivity index (χ4v) is 5.38. The standard InChI is InChI=1S/C24H23F3N2O/c1-2-23-12-24(13-23,14-23)28-22(30)18-7-8-19(25)17-9-10-29(20(17)18)11-15-3-5-16(6-4-15)21(26)27/h3-10,21H,2,11-14H2,1H3,(H,28,30). The summed E-state index contributed by atoms with van der Waals surface area (Å²) in [7, 11) is 0. The normalized spacial score (nSPS) is 24.6. The highest BCUT2D eigenvalue weighted by Gasteiger charge is 2.67. The Hall–Kier alpha value is -2.76. The van der Waals surface area contributed by atoms with Crippen LogP contribution in [-0.4, -0.2) is 16.0 Å². The predicted molar refractivity (Wildman–Crippen MR) is 109 cm³/mol. The molecule has 156 valence electrons. The van der Waals surface area contributed by atoms with E-state index in [9.17, 15) is 18.0 Å². The van der Waals surface area contributed by atoms with E-state index in [-0.39, 0.29) is 22.8 Å². The largest absolute Gasteiger partial charge is 0.346 e. The van der Waals surface area contributed by atoms with Crippen molar-refractivity contribution in [2.45, 2.75) is 51.1 Å². The number of hydrogen-bond acceptors (Lipinski definition) is 1. The van der Waals surface area contributed by atoms with Gasteiger partial charge < -0.3 is 9.88 Å². The van der Waals surface area contributed by atoms with Gasteiger partial charge in [0.05, 0.1) is 11.1 Å². The van der Waals surface area contributed by atoms with Crippen LogP contribution in [0.1, 0.15) is 60.5 Å². The Morgan fingerprint density at radius 1 is 1.10 bits per heavy atom. The van der Waals surface area contributed by atoms with E-state index in [2.05, 4.69) is 12.2 Å². The summed E-state index contributed by atoms with van der Waals surface area (Å²) < 4.78 is 41.8. The second-order valence-corrected chi connectivity index (χ2v) is 8.96. The molecular weight excluding hydrogens is 389 g/mol. The molecule has 6 heteroatoms. The number of nitrogens with one attached hydrogen (secondary N) is 1. The highest BCUT2D eigenvalue weighted by molar-refractivity contribution is 6.06. The molecule has 0 aliphatic heterocycles. The quantitative estimate of drug-likeness (QED) is 0.543. The maximum Gasteiger partial charge on any atom is 0.263 e. The molecule has 1 aromatic heterocycles. The lowest BCUT2D eigenvalue weighted by molar-refractivity contribution is -0.149. The van der Waals surface area contributed by atoms with Crippen molar-refractivity contribution in [3.63, 3.8) is 0 Å². The van der Waals surface area contributed by atoms with E-state index in [0.717, 1.165) is 31.2 Å². The molecule has 3 nitrogen and oxygen atoms in total. The molecule has 1 heterocycles. The highest BCUT2D eigenvalue weighted by Crippen LogP contribution is 2.68. The Bertz CT molecular complexity index is 1110. The summed E-state index contributed by atoms with van der Waals surface area (Å²) in [5, 5.41) is 3.57. The molecule has 3 fully saturated rings. The maximum atomic E-state index is 14.4. The van der Waals surface area contributed by atoms with Crippen molar-refractivity contribution in [2.75, 3.05) is 0 Å². The molecule has 1 N–H and O–H groups in total. The molecule has 0 spiro atoms. The average Bonchev–Trinajstić information content (AvgIpc) is 3.08. The van der Waals surface area contributed by atoms with Gasteiger partial charge in [-0.1, -0.05) is 37.6 Å². The van der Waals surface area contributed by atoms with Gasteiger partial charge in [0.1, 0.15) is 5.82 Å². The summed E-state index contributed by atoms with van der Waals surface area (Å²) in [6, 6.07) is 10.6. The van der Waals surface area contributed by atoms with E-state index in [1.807, 2.05) is 0 Å². The number of amides is 1. The fraction of sp³-hybridized carbons (Fsp3) is 0.375. The van der Waals surface area contributed by atoms with Gasteiger partial charge in [-0.25, -0.2) is 13.2 Å². The number of benzene rings is 2. The second kappa shape index (κ2) is 6.62. The van der Waals surface area contributed by atoms with Gasteiger partial charge >= 0.3 is 0 Å². The molecule has 30 heavy (non-hydrogen) atoms. The van der Waals surface area contributed by atoms with Gasteiger partial charge in [-0.15, -0.1) is 0 Å². The number of nitrogens with zero attached hydrogens (tertiary/aromatic N) is 1. The van der Waals surface area contributed by atoms with Crippen LogP contribution in [0.3, 0.4) is 0 Å². The van der Waals surface area contributed by atoms with Crippen molar-refractivity contribution in [2.24, 2.45) is 5.41 Å². The number of aromatic nitrogens is 1. The third-order valence-electron chi connectivity index (χ3n) is 6.97. The van der Waals surface area contributed by atoms with Crippen LogP contribution >= 0.6 is 0 Å². The molecule has 2 aromatic carbocycles. The van der Waals surface area contributed by atoms with Crippen molar-refractivity contribution < 1.29 is 18.0 Å². The molecular formula is C24H23F3N2O. The van der Waals surface area contributed by atoms with Crippen molar-refractivity contribution in [1.82, 2.24) is 9.88 Å². The van der Waals surface area contributed by atoms with Crippen molar-refractivity contribution in [3.8, 4) is 0 Å². The van der Waals surface area contributed by atoms with Crippen molar-refractivity contribution >= 4 is 16.8 Å². The molecule has 3 aromatic rings. The van der Waals surface area contributed by atoms with Crippen LogP contribution in [-0.2, 0) is 6.54 Å². The molecule has 0 atom stereocenters. The van der Waals surface area contributed by atoms with Crippen LogP contribution in [0.15, 0.2) is 48.7 Å². The zero-order chi connectivity index (χ0) is 21.1. The number of carbonyl (C=O) groups is 1. The second-order valence-electron chi connectivity index (χ2n) is 8.96. The van der Waals surface area contributed by atoms with E-state index in [1.54, 1.807) is 29.0 Å². The third kappa shape index (κ3) is 2.92. The summed E-state index contributed by atoms with van der Waals surface area (Å²) in [6.07, 6.45) is 3.41. The lowest BCUT2D eigenvalue weighted by atomic mass is 9.38. The van der Waals surface area contributed by atoms with Crippen molar-refractivity contribution in [1.29, 1.82) is 0 Å². The average molecular weight is 412 g/mol. The number of fused-ring (bicyclic) bond motifs is 1. The topological polar surface area (TPSA) is 34.0 Å². The molecule has 3 aliphatic rings. The smallest absolute Gasteiger partial charge is 0.263 e. The number of halogens is 3. The zero-order valence-corrected chi connectivity index (χ0v) is 16.7. The van der Waals surface area contributed by atoms with E-state index < -0.39 is 6.43 Å². The van der Waals surface area contributed by atoms with E-state index in [4.69, 9.17) is 0 Å². The van der Waals surface area contributed by atoms with Gasteiger partial charge in [0.25, 0.3) is 12.3 Å². The SMILES string of the molecule is CCC12CC(NC(=O)c3ccc(F)c4ccn(Cc5ccc(C(F)F)cc5)c34)(C1)C2. The van der Waals surface area contributed by atoms with Crippen LogP contribution in [0.5, 0.6) is 0 Å². The van der Waals surface area contributed by atoms with Gasteiger partial charge in [-0.2, -0.15) is 0 Å². The minimum Gasteiger partial charge on any atom is -0.346 e. The minimum atomic E-state index is -2.51. The Balaban J connectivity index is 1.44. The van der Waals surface area contributed by atoms with Gasteiger partial charge in [-0.3, -0.25) is 4.79 Å². The molecule has 3 aliphatic carbocycles. The van der Waals surface area contributed by atoms with E-state index in [0.29, 0.717) is 28.4 Å². The summed E-state index contributed by atoms with van der Waals surface area (Å²) in [5.41, 5.74) is 2.05. The Labute approximate surface area is 172 Å². The van der Waals surface area contributed by atoms with Crippen LogP contribution < -0.4 is 5.32 Å². The van der Waals surface area contributed by atoms with E-state index >= 15 is 0 Å². The van der Waals surface area contributed by atoms with Gasteiger partial charge in [0.2, 0.25) is 0 Å². The first kappa shape index (κ1) is 19.2. The predicted octanol–water partition coefficient (Wildman–Crippen LogP) is 5.83. The zero-order valence-electron chi connectivity index (χ0n) is 16.7. The van der Waals surface area contributed by atoms with Crippen LogP contribution in [0.25, 0.3) is 10.9 Å². The summed E-state index contributed by atoms with van der Waals surface area (Å²) in [6.45, 7) is 2.55. The van der Waals surface area contributed by atoms with E-state index in [1.165, 1.54) is 24.3 Å². The Kier molecular flexibility index (Phi) is 4.24. The van der Waals surface area contributed by atoms with Gasteiger partial charge in [0, 0.05) is 29.2 Å². The Morgan fingerprint density at radius 3 is 2.43 bits per heavy atom. The molecule has 3 saturated carbocycles. The molecule has 2 bridgehead atoms. The molecule has 0 unspecified atom stereocenters. The molecule has 6 rings (SSSR count). The minimum absolute atomic E-state index is 0.0365. The van der Waals surface area contributed by atoms with Crippen LogP contribution in [0, 0.1) is 11.2 Å². The molecule has 0 radical (unpaired) electrons. The number of rotatable bonds is 6. The number of hydrogen-bond donors (Lipinski definition) is 1. The lowest BCUT2D eigenvalue weighted by Crippen LogP contribution is -2.74. The number of alkyl halides is 2. The summed E-state index contributed by atoms with van der Waals surface area (Å²) >= 11 is 0. The lowest BCUT2D eigenvalue weighted by Gasteiger charge is -2.70. The fourth-order valence-electron chi connectivity index (χ4n) is 5.38. The number of carbonyl (C=O) groups excluding carboxylic acids is 1. The molecule has 0 saturated heterocycles. The highest BCUT2D eigenvalue weighted by atomic mass is 19.3. The molecule has 1 amide bonds. The first-order valence-electron chi connectivity index (χ1n) is 10.3. The maximum absolute atomic E-state index is 14.4. The summed E-state index contributed by atoms with van der Waals surface area (Å²) in [4.78, 5) is 13.1. The van der Waals surface area contributed by atoms with Crippen LogP contribution in [0.2, 0.25) is 0 Å². The first-order chi connectivity index (χ1) is 14.3. The first-order valence-corrected chi connectivity index (χ1v) is 10.3. The third-order valence-corrected chi connectivity index (χ3v) is 6.97. The Morgan fingerprint density at radius 2 is 1.80 bits per heavy atom. The van der Waals surface area contributed by atoms with Crippen LogP contribution in [0.4, 0.5) is 13.2 Å². The monoisotopic (exact) mass is 412 g/mol. The van der Waals surface area contributed by atoms with Gasteiger partial charge in [-0.05, 0) is 48.4 Å².